The lowest BCUT2D eigenvalue weighted by Gasteiger charge is -2.07. The zero-order valence-electron chi connectivity index (χ0n) is 10.2. The minimum absolute atomic E-state index is 0.0161. The van der Waals surface area contributed by atoms with E-state index in [2.05, 4.69) is 10.1 Å². The van der Waals surface area contributed by atoms with Crippen LogP contribution in [0.4, 0.5) is 17.6 Å². The van der Waals surface area contributed by atoms with Crippen LogP contribution in [0, 0.1) is 12.7 Å². The van der Waals surface area contributed by atoms with Crippen LogP contribution in [0.15, 0.2) is 23.4 Å². The van der Waals surface area contributed by atoms with Crippen molar-refractivity contribution in [3.63, 3.8) is 0 Å². The lowest BCUT2D eigenvalue weighted by atomic mass is 10.2. The second kappa shape index (κ2) is 4.95. The normalized spacial score (nSPS) is 12.7. The van der Waals surface area contributed by atoms with Crippen molar-refractivity contribution in [2.45, 2.75) is 18.0 Å². The highest BCUT2D eigenvalue weighted by Gasteiger charge is 2.36. The van der Waals surface area contributed by atoms with Gasteiger partial charge in [-0.15, -0.1) is 5.10 Å². The van der Waals surface area contributed by atoms with Gasteiger partial charge in [0.2, 0.25) is 0 Å². The predicted octanol–water partition coefficient (Wildman–Crippen LogP) is 2.66. The summed E-state index contributed by atoms with van der Waals surface area (Å²) < 4.78 is 74.2. The Morgan fingerprint density at radius 2 is 1.90 bits per heavy atom. The Morgan fingerprint density at radius 1 is 1.29 bits per heavy atom. The number of hydrogen-bond acceptors (Lipinski definition) is 4. The smallest absolute Gasteiger partial charge is 0.217 e. The topological polar surface area (TPSA) is 64.8 Å². The first kappa shape index (κ1) is 15.7. The van der Waals surface area contributed by atoms with E-state index in [1.54, 1.807) is 0 Å². The fourth-order valence-corrected chi connectivity index (χ4v) is 2.78. The highest BCUT2D eigenvalue weighted by Crippen LogP contribution is 2.28. The number of aryl methyl sites for hydroxylation is 1. The second-order valence-electron chi connectivity index (χ2n) is 4.02. The van der Waals surface area contributed by atoms with E-state index in [-0.39, 0.29) is 5.56 Å². The summed E-state index contributed by atoms with van der Waals surface area (Å²) >= 11 is 0. The minimum atomic E-state index is -4.80. The molecule has 0 saturated heterocycles. The minimum Gasteiger partial charge on any atom is -0.217 e. The number of alkyl halides is 3. The molecule has 0 amide bonds. The van der Waals surface area contributed by atoms with Crippen LogP contribution >= 0.6 is 10.7 Å². The molecule has 1 heterocycles. The third-order valence-corrected chi connectivity index (χ3v) is 3.96. The summed E-state index contributed by atoms with van der Waals surface area (Å²) in [5.41, 5.74) is -0.495. The number of benzene rings is 1. The highest BCUT2D eigenvalue weighted by molar-refractivity contribution is 8.13. The Balaban J connectivity index is 2.62. The molecule has 0 aliphatic heterocycles. The van der Waals surface area contributed by atoms with Gasteiger partial charge in [-0.3, -0.25) is 0 Å². The van der Waals surface area contributed by atoms with Crippen LogP contribution in [0.2, 0.25) is 0 Å². The van der Waals surface area contributed by atoms with Gasteiger partial charge in [-0.1, -0.05) is 0 Å². The van der Waals surface area contributed by atoms with Crippen LogP contribution < -0.4 is 0 Å². The molecule has 0 atom stereocenters. The Hall–Kier alpha value is -1.68. The molecular formula is C10H6ClF4N3O2S. The summed E-state index contributed by atoms with van der Waals surface area (Å²) in [6, 6.07) is 1.63. The molecule has 1 aromatic carbocycles. The van der Waals surface area contributed by atoms with Crippen molar-refractivity contribution in [1.29, 1.82) is 0 Å². The lowest BCUT2D eigenvalue weighted by Crippen LogP contribution is -2.09. The van der Waals surface area contributed by atoms with Crippen molar-refractivity contribution in [2.24, 2.45) is 0 Å². The largest absolute Gasteiger partial charge is 0.453 e. The van der Waals surface area contributed by atoms with Crippen LogP contribution in [-0.4, -0.2) is 23.2 Å². The molecule has 114 valence electrons. The first-order chi connectivity index (χ1) is 9.50. The van der Waals surface area contributed by atoms with Crippen molar-refractivity contribution < 1.29 is 26.0 Å². The molecule has 0 aliphatic carbocycles. The summed E-state index contributed by atoms with van der Waals surface area (Å²) in [7, 11) is 0.997. The van der Waals surface area contributed by atoms with Crippen LogP contribution in [0.3, 0.4) is 0 Å². The molecule has 21 heavy (non-hydrogen) atoms. The second-order valence-corrected chi connectivity index (χ2v) is 6.55. The average Bonchev–Trinajstić information content (AvgIpc) is 2.75. The van der Waals surface area contributed by atoms with Gasteiger partial charge in [0.15, 0.2) is 0 Å². The average molecular weight is 344 g/mol. The number of rotatable bonds is 2. The monoisotopic (exact) mass is 343 g/mol. The van der Waals surface area contributed by atoms with Gasteiger partial charge < -0.3 is 0 Å². The van der Waals surface area contributed by atoms with E-state index < -0.39 is 37.5 Å². The zero-order chi connectivity index (χ0) is 16.0. The van der Waals surface area contributed by atoms with Crippen molar-refractivity contribution >= 4 is 19.7 Å². The van der Waals surface area contributed by atoms with Crippen LogP contribution in [-0.2, 0) is 15.2 Å². The van der Waals surface area contributed by atoms with Gasteiger partial charge >= 0.3 is 6.18 Å². The van der Waals surface area contributed by atoms with Crippen molar-refractivity contribution in [3.05, 3.63) is 35.7 Å². The van der Waals surface area contributed by atoms with Gasteiger partial charge in [-0.05, 0) is 24.6 Å². The first-order valence-corrected chi connectivity index (χ1v) is 7.55. The molecular weight excluding hydrogens is 338 g/mol. The van der Waals surface area contributed by atoms with E-state index in [1.165, 1.54) is 6.92 Å². The van der Waals surface area contributed by atoms with Crippen LogP contribution in [0.1, 0.15) is 11.4 Å². The third kappa shape index (κ3) is 3.16. The number of aromatic nitrogens is 3. The molecule has 1 aromatic heterocycles. The molecule has 2 aromatic rings. The maximum absolute atomic E-state index is 13.8. The molecule has 0 N–H and O–H groups in total. The van der Waals surface area contributed by atoms with Gasteiger partial charge in [-0.25, -0.2) is 22.5 Å². The summed E-state index contributed by atoms with van der Waals surface area (Å²) in [6.45, 7) is 1.30. The van der Waals surface area contributed by atoms with Crippen molar-refractivity contribution in [1.82, 2.24) is 14.8 Å². The SMILES string of the molecule is Cc1cc(F)c(-n2cnc(C(F)(F)F)n2)cc1S(=O)(=O)Cl. The summed E-state index contributed by atoms with van der Waals surface area (Å²) in [4.78, 5) is 2.57. The van der Waals surface area contributed by atoms with Gasteiger partial charge in [0.05, 0.1) is 4.90 Å². The van der Waals surface area contributed by atoms with E-state index in [4.69, 9.17) is 10.7 Å². The summed E-state index contributed by atoms with van der Waals surface area (Å²) in [5, 5.41) is 3.07. The van der Waals surface area contributed by atoms with E-state index in [1.807, 2.05) is 0 Å². The maximum atomic E-state index is 13.8. The Morgan fingerprint density at radius 3 is 2.38 bits per heavy atom. The van der Waals surface area contributed by atoms with E-state index in [0.717, 1.165) is 12.1 Å². The van der Waals surface area contributed by atoms with Gasteiger partial charge in [-0.2, -0.15) is 13.2 Å². The van der Waals surface area contributed by atoms with Crippen LogP contribution in [0.5, 0.6) is 0 Å². The predicted molar refractivity (Wildman–Crippen MR) is 64.1 cm³/mol. The third-order valence-electron chi connectivity index (χ3n) is 2.50. The first-order valence-electron chi connectivity index (χ1n) is 5.24. The van der Waals surface area contributed by atoms with E-state index in [9.17, 15) is 26.0 Å². The number of hydrogen-bond donors (Lipinski definition) is 0. The molecule has 2 rings (SSSR count). The maximum Gasteiger partial charge on any atom is 0.453 e. The molecule has 5 nitrogen and oxygen atoms in total. The van der Waals surface area contributed by atoms with E-state index in [0.29, 0.717) is 11.0 Å². The van der Waals surface area contributed by atoms with Crippen molar-refractivity contribution in [2.75, 3.05) is 0 Å². The Labute approximate surface area is 120 Å². The van der Waals surface area contributed by atoms with Gasteiger partial charge in [0.25, 0.3) is 14.9 Å². The molecule has 0 saturated carbocycles. The standard InChI is InChI=1S/C10H6ClF4N3O2S/c1-5-2-6(12)7(3-8(5)21(11,19)20)18-4-16-9(17-18)10(13,14)15/h2-4H,1H3. The Bertz CT molecular complexity index is 801. The summed E-state index contributed by atoms with van der Waals surface area (Å²) in [6.07, 6.45) is -4.17. The molecule has 0 radical (unpaired) electrons. The lowest BCUT2D eigenvalue weighted by molar-refractivity contribution is -0.144. The number of nitrogens with zero attached hydrogens (tertiary/aromatic N) is 3. The molecule has 0 fully saturated rings. The quantitative estimate of drug-likeness (QED) is 0.621. The molecule has 0 unspecified atom stereocenters. The zero-order valence-corrected chi connectivity index (χ0v) is 11.8. The molecule has 0 bridgehead atoms. The molecule has 0 spiro atoms. The van der Waals surface area contributed by atoms with Gasteiger partial charge in [0, 0.05) is 10.7 Å². The fourth-order valence-electron chi connectivity index (χ4n) is 1.59. The Kier molecular flexibility index (Phi) is 3.70. The molecule has 0 aliphatic rings. The van der Waals surface area contributed by atoms with E-state index >= 15 is 0 Å². The summed E-state index contributed by atoms with van der Waals surface area (Å²) in [5.74, 6) is -2.44. The number of halogens is 5. The molecule has 11 heteroatoms. The van der Waals surface area contributed by atoms with Gasteiger partial charge in [0.1, 0.15) is 17.8 Å². The van der Waals surface area contributed by atoms with Crippen molar-refractivity contribution in [3.8, 4) is 5.69 Å². The fraction of sp³-hybridized carbons (Fsp3) is 0.200. The highest BCUT2D eigenvalue weighted by atomic mass is 35.7. The van der Waals surface area contributed by atoms with Crippen LogP contribution in [0.25, 0.3) is 5.69 Å².